The number of ether oxygens (including phenoxy) is 1. The normalized spacial score (nSPS) is 21.2. The van der Waals surface area contributed by atoms with Crippen LogP contribution in [0.15, 0.2) is 0 Å². The molecule has 1 atom stereocenters. The second-order valence-electron chi connectivity index (χ2n) is 5.16. The fraction of sp³-hybridized carbons (Fsp3) is 1.00. The molecule has 1 heterocycles. The van der Waals surface area contributed by atoms with Crippen molar-refractivity contribution in [3.05, 3.63) is 0 Å². The van der Waals surface area contributed by atoms with Gasteiger partial charge in [0.1, 0.15) is 0 Å². The monoisotopic (exact) mass is 227 g/mol. The van der Waals surface area contributed by atoms with Gasteiger partial charge in [0.25, 0.3) is 0 Å². The van der Waals surface area contributed by atoms with E-state index in [1.54, 1.807) is 0 Å². The molecule has 1 fully saturated rings. The van der Waals surface area contributed by atoms with E-state index in [1.807, 2.05) is 0 Å². The van der Waals surface area contributed by atoms with Crippen molar-refractivity contribution in [3.8, 4) is 0 Å². The first-order valence-corrected chi connectivity index (χ1v) is 7.10. The molecule has 1 aliphatic rings. The van der Waals surface area contributed by atoms with Crippen LogP contribution in [0.2, 0.25) is 0 Å². The lowest BCUT2D eigenvalue weighted by Crippen LogP contribution is -2.36. The number of nitrogens with zero attached hydrogens (tertiary/aromatic N) is 1. The van der Waals surface area contributed by atoms with Crippen molar-refractivity contribution < 1.29 is 4.74 Å². The Morgan fingerprint density at radius 1 is 1.19 bits per heavy atom. The van der Waals surface area contributed by atoms with Crippen LogP contribution in [-0.4, -0.2) is 37.2 Å². The molecule has 2 nitrogen and oxygen atoms in total. The van der Waals surface area contributed by atoms with Gasteiger partial charge in [0.2, 0.25) is 0 Å². The molecule has 1 saturated heterocycles. The van der Waals surface area contributed by atoms with Crippen molar-refractivity contribution in [1.29, 1.82) is 0 Å². The van der Waals surface area contributed by atoms with E-state index in [0.29, 0.717) is 12.2 Å². The molecule has 0 amide bonds. The van der Waals surface area contributed by atoms with E-state index in [9.17, 15) is 0 Å². The van der Waals surface area contributed by atoms with Gasteiger partial charge in [-0.1, -0.05) is 33.1 Å². The Hall–Kier alpha value is -0.0800. The molecule has 2 heteroatoms. The standard InChI is InChI=1S/C14H29NO/c1-4-6-7-8-13(5-2)16-14-9-11-15(3)12-10-14/h13-14H,4-12H2,1-3H3. The fourth-order valence-corrected chi connectivity index (χ4v) is 2.38. The average Bonchev–Trinajstić information content (AvgIpc) is 2.31. The smallest absolute Gasteiger partial charge is 0.0603 e. The largest absolute Gasteiger partial charge is 0.375 e. The average molecular weight is 227 g/mol. The van der Waals surface area contributed by atoms with Crippen LogP contribution in [-0.2, 0) is 4.74 Å². The lowest BCUT2D eigenvalue weighted by molar-refractivity contribution is -0.0448. The molecule has 16 heavy (non-hydrogen) atoms. The maximum Gasteiger partial charge on any atom is 0.0603 e. The summed E-state index contributed by atoms with van der Waals surface area (Å²) < 4.78 is 6.21. The highest BCUT2D eigenvalue weighted by Gasteiger charge is 2.20. The van der Waals surface area contributed by atoms with E-state index in [-0.39, 0.29) is 0 Å². The molecule has 0 aromatic carbocycles. The van der Waals surface area contributed by atoms with Crippen molar-refractivity contribution in [1.82, 2.24) is 4.90 Å². The van der Waals surface area contributed by atoms with Gasteiger partial charge >= 0.3 is 0 Å². The third-order valence-electron chi connectivity index (χ3n) is 3.64. The van der Waals surface area contributed by atoms with Gasteiger partial charge in [-0.2, -0.15) is 0 Å². The lowest BCUT2D eigenvalue weighted by atomic mass is 10.1. The molecule has 0 saturated carbocycles. The summed E-state index contributed by atoms with van der Waals surface area (Å²) in [6.45, 7) is 6.93. The number of rotatable bonds is 7. The molecule has 1 rings (SSSR count). The number of likely N-dealkylation sites (tertiary alicyclic amines) is 1. The van der Waals surface area contributed by atoms with Crippen molar-refractivity contribution in [2.45, 2.75) is 71.0 Å². The predicted octanol–water partition coefficient (Wildman–Crippen LogP) is 3.46. The Balaban J connectivity index is 2.16. The summed E-state index contributed by atoms with van der Waals surface area (Å²) in [7, 11) is 2.20. The van der Waals surface area contributed by atoms with Gasteiger partial charge in [-0.3, -0.25) is 0 Å². The minimum absolute atomic E-state index is 0.514. The van der Waals surface area contributed by atoms with E-state index in [2.05, 4.69) is 25.8 Å². The maximum atomic E-state index is 6.21. The van der Waals surface area contributed by atoms with E-state index in [4.69, 9.17) is 4.74 Å². The summed E-state index contributed by atoms with van der Waals surface area (Å²) in [6, 6.07) is 0. The number of hydrogen-bond donors (Lipinski definition) is 0. The Morgan fingerprint density at radius 3 is 2.44 bits per heavy atom. The van der Waals surface area contributed by atoms with E-state index in [1.165, 1.54) is 58.0 Å². The zero-order valence-corrected chi connectivity index (χ0v) is 11.4. The van der Waals surface area contributed by atoms with Crippen molar-refractivity contribution in [2.24, 2.45) is 0 Å². The van der Waals surface area contributed by atoms with Gasteiger partial charge in [0.15, 0.2) is 0 Å². The van der Waals surface area contributed by atoms with Crippen LogP contribution in [0.3, 0.4) is 0 Å². The second-order valence-corrected chi connectivity index (χ2v) is 5.16. The highest BCUT2D eigenvalue weighted by Crippen LogP contribution is 2.18. The van der Waals surface area contributed by atoms with E-state index < -0.39 is 0 Å². The Bertz CT molecular complexity index is 164. The summed E-state index contributed by atoms with van der Waals surface area (Å²) in [5, 5.41) is 0. The van der Waals surface area contributed by atoms with Gasteiger partial charge in [0, 0.05) is 13.1 Å². The quantitative estimate of drug-likeness (QED) is 0.618. The zero-order valence-electron chi connectivity index (χ0n) is 11.4. The van der Waals surface area contributed by atoms with Crippen LogP contribution in [0.4, 0.5) is 0 Å². The van der Waals surface area contributed by atoms with Crippen LogP contribution in [0.1, 0.15) is 58.8 Å². The summed E-state index contributed by atoms with van der Waals surface area (Å²) in [5.41, 5.74) is 0. The highest BCUT2D eigenvalue weighted by atomic mass is 16.5. The SMILES string of the molecule is CCCCCC(CC)OC1CCN(C)CC1. The minimum Gasteiger partial charge on any atom is -0.375 e. The molecule has 96 valence electrons. The highest BCUT2D eigenvalue weighted by molar-refractivity contribution is 4.71. The van der Waals surface area contributed by atoms with Crippen LogP contribution in [0.25, 0.3) is 0 Å². The minimum atomic E-state index is 0.514. The number of piperidine rings is 1. The second kappa shape index (κ2) is 8.08. The first kappa shape index (κ1) is 14.0. The van der Waals surface area contributed by atoms with Crippen LogP contribution in [0.5, 0.6) is 0 Å². The third-order valence-corrected chi connectivity index (χ3v) is 3.64. The Morgan fingerprint density at radius 2 is 1.88 bits per heavy atom. The Labute approximate surface area is 101 Å². The van der Waals surface area contributed by atoms with Gasteiger partial charge in [0.05, 0.1) is 12.2 Å². The summed E-state index contributed by atoms with van der Waals surface area (Å²) >= 11 is 0. The first-order chi connectivity index (χ1) is 7.76. The van der Waals surface area contributed by atoms with Gasteiger partial charge in [-0.25, -0.2) is 0 Å². The maximum absolute atomic E-state index is 6.21. The topological polar surface area (TPSA) is 12.5 Å². The molecular formula is C14H29NO. The fourth-order valence-electron chi connectivity index (χ4n) is 2.38. The van der Waals surface area contributed by atoms with Crippen LogP contribution in [0, 0.1) is 0 Å². The molecule has 0 radical (unpaired) electrons. The van der Waals surface area contributed by atoms with Crippen molar-refractivity contribution in [3.63, 3.8) is 0 Å². The molecule has 0 N–H and O–H groups in total. The van der Waals surface area contributed by atoms with Gasteiger partial charge < -0.3 is 9.64 Å². The summed E-state index contributed by atoms with van der Waals surface area (Å²) in [4.78, 5) is 2.40. The van der Waals surface area contributed by atoms with E-state index >= 15 is 0 Å². The third kappa shape index (κ3) is 5.31. The number of unbranched alkanes of at least 4 members (excludes halogenated alkanes) is 2. The van der Waals surface area contributed by atoms with E-state index in [0.717, 1.165) is 0 Å². The molecule has 0 spiro atoms. The van der Waals surface area contributed by atoms with Gasteiger partial charge in [-0.15, -0.1) is 0 Å². The molecule has 0 aromatic heterocycles. The Kier molecular flexibility index (Phi) is 7.06. The predicted molar refractivity (Wildman–Crippen MR) is 69.8 cm³/mol. The van der Waals surface area contributed by atoms with Crippen LogP contribution < -0.4 is 0 Å². The molecule has 1 unspecified atom stereocenters. The van der Waals surface area contributed by atoms with Crippen LogP contribution >= 0.6 is 0 Å². The summed E-state index contributed by atoms with van der Waals surface area (Å²) in [5.74, 6) is 0. The van der Waals surface area contributed by atoms with Crippen molar-refractivity contribution >= 4 is 0 Å². The molecular weight excluding hydrogens is 198 g/mol. The molecule has 0 aromatic rings. The van der Waals surface area contributed by atoms with Crippen molar-refractivity contribution in [2.75, 3.05) is 20.1 Å². The molecule has 1 aliphatic heterocycles. The first-order valence-electron chi connectivity index (χ1n) is 7.10. The summed E-state index contributed by atoms with van der Waals surface area (Å²) in [6.07, 6.45) is 9.93. The van der Waals surface area contributed by atoms with Gasteiger partial charge in [-0.05, 0) is 32.7 Å². The number of hydrogen-bond acceptors (Lipinski definition) is 2. The lowest BCUT2D eigenvalue weighted by Gasteiger charge is -2.31. The zero-order chi connectivity index (χ0) is 11.8. The molecule has 0 bridgehead atoms. The molecule has 0 aliphatic carbocycles.